The normalized spacial score (nSPS) is 23.3. The molecule has 1 aliphatic rings. The number of ether oxygens (including phenoxy) is 2. The molecule has 2 N–H and O–H groups in total. The summed E-state index contributed by atoms with van der Waals surface area (Å²) in [4.78, 5) is 0. The molecule has 4 nitrogen and oxygen atoms in total. The van der Waals surface area contributed by atoms with Gasteiger partial charge in [0.2, 0.25) is 0 Å². The van der Waals surface area contributed by atoms with Gasteiger partial charge < -0.3 is 19.9 Å². The maximum absolute atomic E-state index is 8.99. The number of aliphatic hydroxyl groups is 1. The van der Waals surface area contributed by atoms with Crippen molar-refractivity contribution in [3.63, 3.8) is 0 Å². The summed E-state index contributed by atoms with van der Waals surface area (Å²) in [5.74, 6) is 0.694. The van der Waals surface area contributed by atoms with Gasteiger partial charge in [-0.1, -0.05) is 0 Å². The van der Waals surface area contributed by atoms with Crippen molar-refractivity contribution in [1.82, 2.24) is 5.32 Å². The van der Waals surface area contributed by atoms with Crippen molar-refractivity contribution in [1.29, 1.82) is 0 Å². The van der Waals surface area contributed by atoms with Crippen LogP contribution in [0.4, 0.5) is 0 Å². The summed E-state index contributed by atoms with van der Waals surface area (Å²) >= 11 is 0. The highest BCUT2D eigenvalue weighted by atomic mass is 16.7. The molecule has 0 saturated carbocycles. The predicted octanol–water partition coefficient (Wildman–Crippen LogP) is 0.357. The van der Waals surface area contributed by atoms with E-state index in [0.29, 0.717) is 5.76 Å². The molecule has 1 aliphatic heterocycles. The Morgan fingerprint density at radius 3 is 3.08 bits per heavy atom. The second-order valence-electron chi connectivity index (χ2n) is 2.75. The lowest BCUT2D eigenvalue weighted by atomic mass is 10.2. The van der Waals surface area contributed by atoms with Crippen LogP contribution in [0.3, 0.4) is 0 Å². The van der Waals surface area contributed by atoms with Crippen molar-refractivity contribution in [2.45, 2.75) is 19.3 Å². The molecule has 0 aromatic rings. The van der Waals surface area contributed by atoms with Crippen LogP contribution in [-0.2, 0) is 9.47 Å². The first-order chi connectivity index (χ1) is 6.27. The van der Waals surface area contributed by atoms with E-state index in [1.807, 2.05) is 12.2 Å². The maximum Gasteiger partial charge on any atom is 0.196 e. The Bertz CT molecular complexity index is 213. The summed E-state index contributed by atoms with van der Waals surface area (Å²) in [6.45, 7) is 1.81. The molecule has 0 bridgehead atoms. The van der Waals surface area contributed by atoms with E-state index in [9.17, 15) is 0 Å². The zero-order valence-corrected chi connectivity index (χ0v) is 7.86. The first-order valence-corrected chi connectivity index (χ1v) is 4.21. The fraction of sp³-hybridized carbons (Fsp3) is 0.556. The van der Waals surface area contributed by atoms with Crippen LogP contribution >= 0.6 is 0 Å². The average Bonchev–Trinajstić information content (AvgIpc) is 2.18. The summed E-state index contributed by atoms with van der Waals surface area (Å²) in [5, 5.41) is 12.0. The molecule has 13 heavy (non-hydrogen) atoms. The first kappa shape index (κ1) is 10.1. The highest BCUT2D eigenvalue weighted by Crippen LogP contribution is 2.11. The minimum Gasteiger partial charge on any atom is -0.467 e. The zero-order valence-electron chi connectivity index (χ0n) is 7.86. The van der Waals surface area contributed by atoms with Gasteiger partial charge in [-0.25, -0.2) is 0 Å². The third-order valence-corrected chi connectivity index (χ3v) is 1.81. The average molecular weight is 185 g/mol. The van der Waals surface area contributed by atoms with E-state index in [1.54, 1.807) is 20.2 Å². The van der Waals surface area contributed by atoms with Gasteiger partial charge in [0.25, 0.3) is 0 Å². The molecule has 2 unspecified atom stereocenters. The largest absolute Gasteiger partial charge is 0.467 e. The topological polar surface area (TPSA) is 50.7 Å². The molecule has 0 spiro atoms. The van der Waals surface area contributed by atoms with Crippen LogP contribution < -0.4 is 5.32 Å². The SMILES string of the molecule is COC(C)OC1=CC=CNC1CO. The molecule has 0 saturated heterocycles. The number of nitrogens with one attached hydrogen (secondary N) is 1. The molecule has 0 aromatic carbocycles. The summed E-state index contributed by atoms with van der Waals surface area (Å²) < 4.78 is 10.4. The number of aliphatic hydroxyl groups excluding tert-OH is 1. The van der Waals surface area contributed by atoms with Crippen molar-refractivity contribution in [2.24, 2.45) is 0 Å². The highest BCUT2D eigenvalue weighted by molar-refractivity contribution is 5.18. The molecule has 0 fully saturated rings. The third-order valence-electron chi connectivity index (χ3n) is 1.81. The van der Waals surface area contributed by atoms with Gasteiger partial charge in [0, 0.05) is 7.11 Å². The van der Waals surface area contributed by atoms with Gasteiger partial charge >= 0.3 is 0 Å². The molecular weight excluding hydrogens is 170 g/mol. The minimum absolute atomic E-state index is 0.00656. The standard InChI is InChI=1S/C9H15NO3/c1-7(12-2)13-9-4-3-5-10-8(9)6-11/h3-5,7-8,10-11H,6H2,1-2H3. The van der Waals surface area contributed by atoms with Gasteiger partial charge in [0.15, 0.2) is 6.29 Å². The summed E-state index contributed by atoms with van der Waals surface area (Å²) in [6.07, 6.45) is 5.11. The lowest BCUT2D eigenvalue weighted by Crippen LogP contribution is -2.34. The summed E-state index contributed by atoms with van der Waals surface area (Å²) in [5.41, 5.74) is 0. The van der Waals surface area contributed by atoms with Gasteiger partial charge in [0.05, 0.1) is 6.61 Å². The Kier molecular flexibility index (Phi) is 3.79. The molecule has 74 valence electrons. The molecule has 0 aromatic heterocycles. The Hall–Kier alpha value is -1.00. The molecule has 2 atom stereocenters. The number of methoxy groups -OCH3 is 1. The Morgan fingerprint density at radius 1 is 1.69 bits per heavy atom. The second-order valence-corrected chi connectivity index (χ2v) is 2.75. The van der Waals surface area contributed by atoms with Gasteiger partial charge in [-0.05, 0) is 25.3 Å². The smallest absolute Gasteiger partial charge is 0.196 e. The summed E-state index contributed by atoms with van der Waals surface area (Å²) in [6, 6.07) is -0.164. The van der Waals surface area contributed by atoms with E-state index < -0.39 is 0 Å². The third kappa shape index (κ3) is 2.75. The highest BCUT2D eigenvalue weighted by Gasteiger charge is 2.16. The Morgan fingerprint density at radius 2 is 2.46 bits per heavy atom. The lowest BCUT2D eigenvalue weighted by Gasteiger charge is -2.24. The van der Waals surface area contributed by atoms with Crippen LogP contribution in [-0.4, -0.2) is 31.2 Å². The predicted molar refractivity (Wildman–Crippen MR) is 48.8 cm³/mol. The minimum atomic E-state index is -0.298. The van der Waals surface area contributed by atoms with Crippen LogP contribution in [0.2, 0.25) is 0 Å². The number of hydrogen-bond donors (Lipinski definition) is 2. The van der Waals surface area contributed by atoms with Crippen molar-refractivity contribution in [3.05, 3.63) is 24.1 Å². The number of dihydropyridines is 1. The fourth-order valence-electron chi connectivity index (χ4n) is 1.02. The van der Waals surface area contributed by atoms with E-state index in [2.05, 4.69) is 5.32 Å². The molecule has 1 rings (SSSR count). The molecule has 1 heterocycles. The number of allylic oxidation sites excluding steroid dienone is 2. The summed E-state index contributed by atoms with van der Waals surface area (Å²) in [7, 11) is 1.57. The van der Waals surface area contributed by atoms with Crippen molar-refractivity contribution >= 4 is 0 Å². The Labute approximate surface area is 77.8 Å². The zero-order chi connectivity index (χ0) is 9.68. The molecule has 0 radical (unpaired) electrons. The Balaban J connectivity index is 2.54. The maximum atomic E-state index is 8.99. The van der Waals surface area contributed by atoms with Gasteiger partial charge in [-0.2, -0.15) is 0 Å². The van der Waals surface area contributed by atoms with Crippen LogP contribution in [0, 0.1) is 0 Å². The quantitative estimate of drug-likeness (QED) is 0.621. The first-order valence-electron chi connectivity index (χ1n) is 4.21. The molecule has 0 aliphatic carbocycles. The van der Waals surface area contributed by atoms with E-state index in [4.69, 9.17) is 14.6 Å². The number of hydrogen-bond acceptors (Lipinski definition) is 4. The van der Waals surface area contributed by atoms with E-state index in [0.717, 1.165) is 0 Å². The van der Waals surface area contributed by atoms with Crippen LogP contribution in [0.1, 0.15) is 6.92 Å². The second kappa shape index (κ2) is 4.89. The lowest BCUT2D eigenvalue weighted by molar-refractivity contribution is -0.0865. The van der Waals surface area contributed by atoms with E-state index in [1.165, 1.54) is 0 Å². The van der Waals surface area contributed by atoms with Gasteiger partial charge in [-0.15, -0.1) is 0 Å². The van der Waals surface area contributed by atoms with E-state index in [-0.39, 0.29) is 18.9 Å². The number of rotatable bonds is 4. The monoisotopic (exact) mass is 185 g/mol. The van der Waals surface area contributed by atoms with E-state index >= 15 is 0 Å². The van der Waals surface area contributed by atoms with Gasteiger partial charge in [-0.3, -0.25) is 0 Å². The van der Waals surface area contributed by atoms with Crippen LogP contribution in [0.5, 0.6) is 0 Å². The van der Waals surface area contributed by atoms with Gasteiger partial charge in [0.1, 0.15) is 11.8 Å². The molecular formula is C9H15NO3. The van der Waals surface area contributed by atoms with Crippen molar-refractivity contribution in [3.8, 4) is 0 Å². The molecule has 0 amide bonds. The van der Waals surface area contributed by atoms with Crippen molar-refractivity contribution in [2.75, 3.05) is 13.7 Å². The van der Waals surface area contributed by atoms with Crippen LogP contribution in [0.25, 0.3) is 0 Å². The van der Waals surface area contributed by atoms with Crippen molar-refractivity contribution < 1.29 is 14.6 Å². The fourth-order valence-corrected chi connectivity index (χ4v) is 1.02. The molecule has 4 heteroatoms. The van der Waals surface area contributed by atoms with Crippen LogP contribution in [0.15, 0.2) is 24.1 Å².